The highest BCUT2D eigenvalue weighted by Gasteiger charge is 2.20. The van der Waals surface area contributed by atoms with Gasteiger partial charge in [0.2, 0.25) is 0 Å². The van der Waals surface area contributed by atoms with Crippen LogP contribution in [-0.4, -0.2) is 9.13 Å². The minimum absolute atomic E-state index is 0.640. The van der Waals surface area contributed by atoms with Gasteiger partial charge < -0.3 is 9.13 Å². The second kappa shape index (κ2) is 12.0. The number of benzene rings is 8. The van der Waals surface area contributed by atoms with Crippen molar-refractivity contribution in [1.82, 2.24) is 9.13 Å². The summed E-state index contributed by atoms with van der Waals surface area (Å²) in [4.78, 5) is 3.79. The standard InChI is InChI=1S/C50H28N4S/c1-52-34-21-25-47-44(29-34)41-22-23-42-40-17-5-7-19-48(40)55-50(42)49(41)54(47)36-13-9-11-33(28-36)38-15-3-2-14-37(38)32-10-8-12-35(27-32)53-45-18-6-4-16-39(45)43-26-31(30-51)20-24-46(43)53/h2-29H. The molecular formula is C50H28N4S. The van der Waals surface area contributed by atoms with E-state index in [-0.39, 0.29) is 0 Å². The van der Waals surface area contributed by atoms with Crippen molar-refractivity contribution in [2.45, 2.75) is 0 Å². The topological polar surface area (TPSA) is 38.0 Å². The third-order valence-electron chi connectivity index (χ3n) is 10.9. The molecule has 11 rings (SSSR count). The molecule has 11 aromatic rings. The highest BCUT2D eigenvalue weighted by molar-refractivity contribution is 7.26. The van der Waals surface area contributed by atoms with Crippen molar-refractivity contribution in [2.24, 2.45) is 0 Å². The molecule has 0 saturated carbocycles. The maximum absolute atomic E-state index is 9.66. The van der Waals surface area contributed by atoms with E-state index in [0.717, 1.165) is 71.7 Å². The van der Waals surface area contributed by atoms with E-state index in [1.807, 2.05) is 35.6 Å². The Morgan fingerprint density at radius 2 is 1.11 bits per heavy atom. The molecule has 0 unspecified atom stereocenters. The maximum Gasteiger partial charge on any atom is 0.188 e. The fourth-order valence-electron chi connectivity index (χ4n) is 8.54. The minimum atomic E-state index is 0.640. The first-order valence-corrected chi connectivity index (χ1v) is 19.0. The number of nitrogens with zero attached hydrogens (tertiary/aromatic N) is 4. The molecule has 4 nitrogen and oxygen atoms in total. The molecular weight excluding hydrogens is 689 g/mol. The van der Waals surface area contributed by atoms with Gasteiger partial charge in [0.05, 0.1) is 45.0 Å². The van der Waals surface area contributed by atoms with Gasteiger partial charge in [-0.3, -0.25) is 0 Å². The molecule has 254 valence electrons. The average molecular weight is 717 g/mol. The van der Waals surface area contributed by atoms with Crippen LogP contribution in [0.15, 0.2) is 170 Å². The number of thiophene rings is 1. The minimum Gasteiger partial charge on any atom is -0.309 e. The molecule has 0 bridgehead atoms. The zero-order chi connectivity index (χ0) is 36.6. The van der Waals surface area contributed by atoms with Crippen molar-refractivity contribution < 1.29 is 0 Å². The first-order chi connectivity index (χ1) is 27.2. The van der Waals surface area contributed by atoms with E-state index >= 15 is 0 Å². The molecule has 55 heavy (non-hydrogen) atoms. The van der Waals surface area contributed by atoms with Crippen LogP contribution in [0.25, 0.3) is 102 Å². The van der Waals surface area contributed by atoms with Crippen LogP contribution in [0, 0.1) is 17.9 Å². The molecule has 3 heterocycles. The van der Waals surface area contributed by atoms with Gasteiger partial charge in [0.1, 0.15) is 0 Å². The van der Waals surface area contributed by atoms with E-state index in [1.54, 1.807) is 0 Å². The molecule has 0 radical (unpaired) electrons. The predicted octanol–water partition coefficient (Wildman–Crippen LogP) is 14.0. The summed E-state index contributed by atoms with van der Waals surface area (Å²) < 4.78 is 7.20. The van der Waals surface area contributed by atoms with Gasteiger partial charge in [0, 0.05) is 43.0 Å². The Hall–Kier alpha value is -7.44. The first kappa shape index (κ1) is 31.1. The molecule has 0 spiro atoms. The van der Waals surface area contributed by atoms with Crippen LogP contribution in [0.5, 0.6) is 0 Å². The Balaban J connectivity index is 1.10. The normalized spacial score (nSPS) is 11.6. The lowest BCUT2D eigenvalue weighted by molar-refractivity contribution is 1.18. The Morgan fingerprint density at radius 3 is 1.87 bits per heavy atom. The molecule has 5 heteroatoms. The quantitative estimate of drug-likeness (QED) is 0.167. The van der Waals surface area contributed by atoms with Crippen LogP contribution in [0.2, 0.25) is 0 Å². The Kier molecular flexibility index (Phi) is 6.82. The summed E-state index contributed by atoms with van der Waals surface area (Å²) in [6.45, 7) is 7.76. The van der Waals surface area contributed by atoms with Gasteiger partial charge in [-0.15, -0.1) is 11.3 Å². The molecule has 0 saturated heterocycles. The Bertz CT molecular complexity index is 3470. The van der Waals surface area contributed by atoms with Crippen LogP contribution in [0.4, 0.5) is 5.69 Å². The lowest BCUT2D eigenvalue weighted by Crippen LogP contribution is -1.96. The molecule has 0 atom stereocenters. The highest BCUT2D eigenvalue weighted by atomic mass is 32.1. The van der Waals surface area contributed by atoms with Crippen LogP contribution in [-0.2, 0) is 0 Å². The van der Waals surface area contributed by atoms with E-state index in [2.05, 4.69) is 166 Å². The molecule has 8 aromatic carbocycles. The van der Waals surface area contributed by atoms with Crippen LogP contribution >= 0.6 is 11.3 Å². The van der Waals surface area contributed by atoms with Crippen LogP contribution in [0.1, 0.15) is 5.56 Å². The van der Waals surface area contributed by atoms with Gasteiger partial charge in [0.25, 0.3) is 0 Å². The van der Waals surface area contributed by atoms with Crippen molar-refractivity contribution in [3.63, 3.8) is 0 Å². The molecule has 0 fully saturated rings. The van der Waals surface area contributed by atoms with E-state index in [0.29, 0.717) is 11.3 Å². The average Bonchev–Trinajstić information content (AvgIpc) is 3.91. The second-order valence-corrected chi connectivity index (χ2v) is 15.0. The predicted molar refractivity (Wildman–Crippen MR) is 230 cm³/mol. The molecule has 0 aliphatic rings. The van der Waals surface area contributed by atoms with Gasteiger partial charge >= 0.3 is 0 Å². The Morgan fingerprint density at radius 1 is 0.491 bits per heavy atom. The van der Waals surface area contributed by atoms with E-state index in [9.17, 15) is 5.26 Å². The van der Waals surface area contributed by atoms with Crippen LogP contribution < -0.4 is 0 Å². The molecule has 0 aliphatic carbocycles. The maximum atomic E-state index is 9.66. The number of hydrogen-bond donors (Lipinski definition) is 0. The largest absolute Gasteiger partial charge is 0.309 e. The summed E-state index contributed by atoms with van der Waals surface area (Å²) in [6, 6.07) is 62.1. The molecule has 0 N–H and O–H groups in total. The summed E-state index contributed by atoms with van der Waals surface area (Å²) in [5.74, 6) is 0. The van der Waals surface area contributed by atoms with Crippen molar-refractivity contribution in [3.05, 3.63) is 187 Å². The summed E-state index contributed by atoms with van der Waals surface area (Å²) in [7, 11) is 0. The fourth-order valence-corrected chi connectivity index (χ4v) is 9.78. The fraction of sp³-hybridized carbons (Fsp3) is 0. The van der Waals surface area contributed by atoms with Gasteiger partial charge in [-0.05, 0) is 94.4 Å². The zero-order valence-corrected chi connectivity index (χ0v) is 30.2. The third-order valence-corrected chi connectivity index (χ3v) is 12.1. The number of hydrogen-bond acceptors (Lipinski definition) is 2. The molecule has 0 aliphatic heterocycles. The number of para-hydroxylation sites is 1. The number of nitriles is 1. The number of fused-ring (bicyclic) bond motifs is 10. The lowest BCUT2D eigenvalue weighted by Gasteiger charge is -2.15. The van der Waals surface area contributed by atoms with Crippen molar-refractivity contribution in [1.29, 1.82) is 5.26 Å². The second-order valence-electron chi connectivity index (χ2n) is 13.9. The third kappa shape index (κ3) is 4.68. The summed E-state index contributed by atoms with van der Waals surface area (Å²) in [5.41, 5.74) is 12.4. The van der Waals surface area contributed by atoms with E-state index in [1.165, 1.54) is 25.7 Å². The van der Waals surface area contributed by atoms with Crippen molar-refractivity contribution >= 4 is 80.8 Å². The van der Waals surface area contributed by atoms with Gasteiger partial charge in [0.15, 0.2) is 5.69 Å². The van der Waals surface area contributed by atoms with Crippen LogP contribution in [0.3, 0.4) is 0 Å². The molecule has 3 aromatic heterocycles. The summed E-state index contributed by atoms with van der Waals surface area (Å²) in [5, 5.41) is 16.6. The monoisotopic (exact) mass is 716 g/mol. The SMILES string of the molecule is [C-]#[N+]c1ccc2c(c1)c1ccc3c4ccccc4sc3c1n2-c1cccc(-c2ccccc2-c2cccc(-n3c4ccccc4c4cc(C#N)ccc43)c2)c1. The van der Waals surface area contributed by atoms with E-state index < -0.39 is 0 Å². The van der Waals surface area contributed by atoms with Crippen molar-refractivity contribution in [2.75, 3.05) is 0 Å². The summed E-state index contributed by atoms with van der Waals surface area (Å²) >= 11 is 1.83. The zero-order valence-electron chi connectivity index (χ0n) is 29.4. The van der Waals surface area contributed by atoms with Gasteiger partial charge in [-0.2, -0.15) is 5.26 Å². The smallest absolute Gasteiger partial charge is 0.188 e. The highest BCUT2D eigenvalue weighted by Crippen LogP contribution is 2.44. The number of rotatable bonds is 4. The van der Waals surface area contributed by atoms with Crippen molar-refractivity contribution in [3.8, 4) is 39.7 Å². The number of aromatic nitrogens is 2. The molecule has 0 amide bonds. The lowest BCUT2D eigenvalue weighted by atomic mass is 9.94. The van der Waals surface area contributed by atoms with Gasteiger partial charge in [-0.25, -0.2) is 4.85 Å². The summed E-state index contributed by atoms with van der Waals surface area (Å²) in [6.07, 6.45) is 0. The first-order valence-electron chi connectivity index (χ1n) is 18.2. The van der Waals surface area contributed by atoms with Gasteiger partial charge in [-0.1, -0.05) is 103 Å². The Labute approximate surface area is 320 Å². The van der Waals surface area contributed by atoms with E-state index in [4.69, 9.17) is 6.57 Å².